The molecular weight excluding hydrogens is 484 g/mol. The van der Waals surface area contributed by atoms with Crippen molar-refractivity contribution in [2.75, 3.05) is 32.2 Å². The number of pyridine rings is 2. The quantitative estimate of drug-likeness (QED) is 0.341. The first-order valence-corrected chi connectivity index (χ1v) is 12.5. The number of anilines is 1. The number of ether oxygens (including phenoxy) is 3. The molecule has 11 heteroatoms. The second-order valence-corrected chi connectivity index (χ2v) is 9.72. The molecule has 1 N–H and O–H groups in total. The average molecular weight is 511 g/mol. The molecule has 3 heterocycles. The van der Waals surface area contributed by atoms with Gasteiger partial charge in [0, 0.05) is 30.6 Å². The third-order valence-electron chi connectivity index (χ3n) is 5.46. The predicted molar refractivity (Wildman–Crippen MR) is 135 cm³/mol. The van der Waals surface area contributed by atoms with Crippen LogP contribution in [0.3, 0.4) is 0 Å². The predicted octanol–water partition coefficient (Wildman–Crippen LogP) is 3.21. The number of hydrogen-bond donors (Lipinski definition) is 1. The molecule has 10 nitrogen and oxygen atoms in total. The molecule has 0 spiro atoms. The van der Waals surface area contributed by atoms with Gasteiger partial charge in [0.25, 0.3) is 15.6 Å². The van der Waals surface area contributed by atoms with Gasteiger partial charge in [0.2, 0.25) is 11.6 Å². The second kappa shape index (κ2) is 10.3. The summed E-state index contributed by atoms with van der Waals surface area (Å²) in [5, 5.41) is 0. The SMILES string of the molecule is COCCOc1cnc2ccc(-c3cnc(OC)c(NS(=O)(=O)c4ccc(C)cc4C)c3)cn2c1=O. The lowest BCUT2D eigenvalue weighted by Crippen LogP contribution is -2.19. The van der Waals surface area contributed by atoms with Gasteiger partial charge in [-0.05, 0) is 43.7 Å². The topological polar surface area (TPSA) is 121 Å². The van der Waals surface area contributed by atoms with Crippen LogP contribution in [-0.2, 0) is 14.8 Å². The van der Waals surface area contributed by atoms with E-state index in [9.17, 15) is 13.2 Å². The maximum Gasteiger partial charge on any atom is 0.300 e. The van der Waals surface area contributed by atoms with Crippen molar-refractivity contribution >= 4 is 21.4 Å². The van der Waals surface area contributed by atoms with E-state index in [-0.39, 0.29) is 34.4 Å². The normalized spacial score (nSPS) is 11.4. The van der Waals surface area contributed by atoms with Gasteiger partial charge in [0.1, 0.15) is 17.9 Å². The molecular formula is C25H26N4O6S. The lowest BCUT2D eigenvalue weighted by molar-refractivity contribution is 0.145. The fraction of sp³-hybridized carbons (Fsp3) is 0.240. The van der Waals surface area contributed by atoms with Crippen molar-refractivity contribution in [1.82, 2.24) is 14.4 Å². The summed E-state index contributed by atoms with van der Waals surface area (Å²) in [7, 11) is -0.964. The van der Waals surface area contributed by atoms with Crippen LogP contribution in [0.1, 0.15) is 11.1 Å². The second-order valence-electron chi connectivity index (χ2n) is 8.07. The molecule has 0 aliphatic rings. The Morgan fingerprint density at radius 3 is 2.50 bits per heavy atom. The van der Waals surface area contributed by atoms with E-state index in [0.717, 1.165) is 5.56 Å². The lowest BCUT2D eigenvalue weighted by atomic mass is 10.1. The maximum absolute atomic E-state index is 13.1. The summed E-state index contributed by atoms with van der Waals surface area (Å²) >= 11 is 0. The van der Waals surface area contributed by atoms with Crippen LogP contribution in [0.2, 0.25) is 0 Å². The van der Waals surface area contributed by atoms with Crippen molar-refractivity contribution in [2.45, 2.75) is 18.7 Å². The minimum atomic E-state index is -3.91. The van der Waals surface area contributed by atoms with Gasteiger partial charge < -0.3 is 14.2 Å². The first-order chi connectivity index (χ1) is 17.2. The van der Waals surface area contributed by atoms with Crippen LogP contribution < -0.4 is 19.8 Å². The highest BCUT2D eigenvalue weighted by Crippen LogP contribution is 2.31. The number of aromatic nitrogens is 3. The van der Waals surface area contributed by atoms with E-state index in [1.54, 1.807) is 56.6 Å². The van der Waals surface area contributed by atoms with Gasteiger partial charge in [-0.1, -0.05) is 17.7 Å². The number of aryl methyl sites for hydroxylation is 2. The van der Waals surface area contributed by atoms with Crippen LogP contribution >= 0.6 is 0 Å². The molecule has 0 bridgehead atoms. The zero-order valence-electron chi connectivity index (χ0n) is 20.3. The van der Waals surface area contributed by atoms with Crippen LogP contribution in [0, 0.1) is 13.8 Å². The molecule has 0 unspecified atom stereocenters. The van der Waals surface area contributed by atoms with E-state index in [2.05, 4.69) is 14.7 Å². The fourth-order valence-corrected chi connectivity index (χ4v) is 4.99. The molecule has 4 rings (SSSR count). The number of fused-ring (bicyclic) bond motifs is 1. The Hall–Kier alpha value is -3.96. The molecule has 36 heavy (non-hydrogen) atoms. The van der Waals surface area contributed by atoms with Gasteiger partial charge in [0.05, 0.1) is 24.8 Å². The molecule has 0 fully saturated rings. The van der Waals surface area contributed by atoms with Crippen molar-refractivity contribution in [3.05, 3.63) is 76.5 Å². The summed E-state index contributed by atoms with van der Waals surface area (Å²) in [5.41, 5.74) is 2.97. The van der Waals surface area contributed by atoms with E-state index in [4.69, 9.17) is 14.2 Å². The molecule has 0 aliphatic heterocycles. The molecule has 0 amide bonds. The summed E-state index contributed by atoms with van der Waals surface area (Å²) in [6.45, 7) is 4.18. The van der Waals surface area contributed by atoms with E-state index in [1.165, 1.54) is 23.9 Å². The number of sulfonamides is 1. The first-order valence-electron chi connectivity index (χ1n) is 11.0. The maximum atomic E-state index is 13.1. The standard InChI is InChI=1S/C25H26N4O6S/c1-16-5-7-22(17(2)11-16)36(31,32)28-20-12-19(13-27-24(20)34-4)18-6-8-23-26-14-21(35-10-9-33-3)25(30)29(23)15-18/h5-8,11-15,28H,9-10H2,1-4H3. The molecule has 0 saturated carbocycles. The highest BCUT2D eigenvalue weighted by atomic mass is 32.2. The van der Waals surface area contributed by atoms with Gasteiger partial charge >= 0.3 is 0 Å². The monoisotopic (exact) mass is 510 g/mol. The molecule has 4 aromatic rings. The van der Waals surface area contributed by atoms with Crippen LogP contribution in [0.5, 0.6) is 11.6 Å². The Morgan fingerprint density at radius 2 is 1.78 bits per heavy atom. The van der Waals surface area contributed by atoms with Gasteiger partial charge in [-0.2, -0.15) is 0 Å². The Morgan fingerprint density at radius 1 is 0.972 bits per heavy atom. The molecule has 0 aliphatic carbocycles. The number of hydrogen-bond acceptors (Lipinski definition) is 8. The van der Waals surface area contributed by atoms with Crippen molar-refractivity contribution < 1.29 is 22.6 Å². The minimum Gasteiger partial charge on any atom is -0.484 e. The van der Waals surface area contributed by atoms with E-state index < -0.39 is 10.0 Å². The van der Waals surface area contributed by atoms with Crippen molar-refractivity contribution in [1.29, 1.82) is 0 Å². The molecule has 0 atom stereocenters. The van der Waals surface area contributed by atoms with E-state index in [0.29, 0.717) is 28.9 Å². The number of nitrogens with zero attached hydrogens (tertiary/aromatic N) is 3. The fourth-order valence-electron chi connectivity index (χ4n) is 3.71. The summed E-state index contributed by atoms with van der Waals surface area (Å²) in [5.74, 6) is 0.206. The molecule has 0 saturated heterocycles. The Bertz CT molecular complexity index is 1580. The smallest absolute Gasteiger partial charge is 0.300 e. The summed E-state index contributed by atoms with van der Waals surface area (Å²) in [6.07, 6.45) is 4.51. The van der Waals surface area contributed by atoms with Crippen molar-refractivity contribution in [3.63, 3.8) is 0 Å². The number of benzene rings is 1. The van der Waals surface area contributed by atoms with Crippen LogP contribution in [0.25, 0.3) is 16.8 Å². The number of methoxy groups -OCH3 is 2. The highest BCUT2D eigenvalue weighted by Gasteiger charge is 2.20. The van der Waals surface area contributed by atoms with E-state index >= 15 is 0 Å². The highest BCUT2D eigenvalue weighted by molar-refractivity contribution is 7.92. The lowest BCUT2D eigenvalue weighted by Gasteiger charge is -2.14. The van der Waals surface area contributed by atoms with Gasteiger partial charge in [-0.15, -0.1) is 0 Å². The van der Waals surface area contributed by atoms with Crippen LogP contribution in [-0.4, -0.2) is 50.2 Å². The number of rotatable bonds is 9. The summed E-state index contributed by atoms with van der Waals surface area (Å²) < 4.78 is 45.9. The Kier molecular flexibility index (Phi) is 7.22. The Labute approximate surface area is 208 Å². The zero-order valence-corrected chi connectivity index (χ0v) is 21.1. The molecule has 0 radical (unpaired) electrons. The van der Waals surface area contributed by atoms with Crippen LogP contribution in [0.15, 0.2) is 64.7 Å². The van der Waals surface area contributed by atoms with Gasteiger partial charge in [-0.25, -0.2) is 18.4 Å². The number of nitrogens with one attached hydrogen (secondary N) is 1. The first kappa shape index (κ1) is 25.1. The summed E-state index contributed by atoms with van der Waals surface area (Å²) in [4.78, 5) is 21.6. The van der Waals surface area contributed by atoms with E-state index in [1.807, 2.05) is 6.92 Å². The van der Waals surface area contributed by atoms with Crippen molar-refractivity contribution in [3.8, 4) is 22.8 Å². The van der Waals surface area contributed by atoms with Crippen molar-refractivity contribution in [2.24, 2.45) is 0 Å². The molecule has 1 aromatic carbocycles. The Balaban J connectivity index is 1.73. The largest absolute Gasteiger partial charge is 0.484 e. The van der Waals surface area contributed by atoms with Crippen LogP contribution in [0.4, 0.5) is 5.69 Å². The zero-order chi connectivity index (χ0) is 25.9. The average Bonchev–Trinajstić information content (AvgIpc) is 2.85. The molecule has 3 aromatic heterocycles. The third-order valence-corrected chi connectivity index (χ3v) is 6.98. The summed E-state index contributed by atoms with van der Waals surface area (Å²) in [6, 6.07) is 10.1. The minimum absolute atomic E-state index is 0.0940. The van der Waals surface area contributed by atoms with Gasteiger partial charge in [0.15, 0.2) is 0 Å². The molecule has 188 valence electrons. The third kappa shape index (κ3) is 5.16. The van der Waals surface area contributed by atoms with Gasteiger partial charge in [-0.3, -0.25) is 13.9 Å².